The van der Waals surface area contributed by atoms with Crippen molar-refractivity contribution in [3.05, 3.63) is 23.8 Å². The highest BCUT2D eigenvalue weighted by Gasteiger charge is 2.14. The van der Waals surface area contributed by atoms with Gasteiger partial charge < -0.3 is 14.6 Å². The van der Waals surface area contributed by atoms with E-state index in [-0.39, 0.29) is 17.4 Å². The largest absolute Gasteiger partial charge is 0.497 e. The zero-order chi connectivity index (χ0) is 13.7. The van der Waals surface area contributed by atoms with Crippen LogP contribution in [0.15, 0.2) is 18.2 Å². The minimum Gasteiger partial charge on any atom is -0.497 e. The smallest absolute Gasteiger partial charge is 0.411 e. The van der Waals surface area contributed by atoms with Crippen LogP contribution >= 0.6 is 0 Å². The quantitative estimate of drug-likeness (QED) is 0.860. The molecule has 0 aromatic heterocycles. The Morgan fingerprint density at radius 3 is 2.50 bits per heavy atom. The van der Waals surface area contributed by atoms with E-state index in [1.165, 1.54) is 19.2 Å². The van der Waals surface area contributed by atoms with Crippen LogP contribution in [0.5, 0.6) is 5.75 Å². The third kappa shape index (κ3) is 3.65. The fourth-order valence-electron chi connectivity index (χ4n) is 1.29. The van der Waals surface area contributed by atoms with Crippen molar-refractivity contribution in [2.45, 2.75) is 20.0 Å². The number of aromatic carboxylic acids is 1. The van der Waals surface area contributed by atoms with Gasteiger partial charge in [0.1, 0.15) is 5.75 Å². The van der Waals surface area contributed by atoms with Crippen molar-refractivity contribution in [1.29, 1.82) is 0 Å². The molecule has 0 atom stereocenters. The lowest BCUT2D eigenvalue weighted by Crippen LogP contribution is -2.19. The first kappa shape index (κ1) is 13.8. The molecule has 1 amide bonds. The van der Waals surface area contributed by atoms with E-state index in [1.807, 2.05) is 0 Å². The minimum absolute atomic E-state index is 0.0601. The van der Waals surface area contributed by atoms with Gasteiger partial charge in [0.25, 0.3) is 0 Å². The maximum Gasteiger partial charge on any atom is 0.411 e. The van der Waals surface area contributed by atoms with E-state index >= 15 is 0 Å². The highest BCUT2D eigenvalue weighted by molar-refractivity contribution is 5.99. The van der Waals surface area contributed by atoms with Gasteiger partial charge in [-0.2, -0.15) is 0 Å². The van der Waals surface area contributed by atoms with Crippen LogP contribution in [0.3, 0.4) is 0 Å². The molecule has 0 bridgehead atoms. The predicted molar refractivity (Wildman–Crippen MR) is 65.2 cm³/mol. The van der Waals surface area contributed by atoms with E-state index in [0.717, 1.165) is 0 Å². The number of benzene rings is 1. The average Bonchev–Trinajstić information content (AvgIpc) is 2.28. The van der Waals surface area contributed by atoms with Gasteiger partial charge in [-0.1, -0.05) is 0 Å². The second-order valence-corrected chi connectivity index (χ2v) is 3.80. The van der Waals surface area contributed by atoms with Crippen LogP contribution in [-0.2, 0) is 4.74 Å². The molecule has 1 rings (SSSR count). The van der Waals surface area contributed by atoms with E-state index in [2.05, 4.69) is 5.32 Å². The molecule has 6 heteroatoms. The van der Waals surface area contributed by atoms with Crippen molar-refractivity contribution in [2.24, 2.45) is 0 Å². The lowest BCUT2D eigenvalue weighted by atomic mass is 10.1. The molecule has 1 aromatic carbocycles. The molecule has 1 aromatic rings. The predicted octanol–water partition coefficient (Wildman–Crippen LogP) is 2.35. The summed E-state index contributed by atoms with van der Waals surface area (Å²) in [6.45, 7) is 3.40. The van der Waals surface area contributed by atoms with Crippen LogP contribution in [0.1, 0.15) is 24.2 Å². The van der Waals surface area contributed by atoms with Gasteiger partial charge in [0.2, 0.25) is 0 Å². The fraction of sp³-hybridized carbons (Fsp3) is 0.333. The SMILES string of the molecule is COc1ccc(NC(=O)OC(C)C)c(C(=O)O)c1. The first-order valence-corrected chi connectivity index (χ1v) is 5.33. The molecule has 0 unspecified atom stereocenters. The number of carboxylic acid groups (broad SMARTS) is 1. The maximum absolute atomic E-state index is 11.4. The summed E-state index contributed by atoms with van der Waals surface area (Å²) >= 11 is 0. The lowest BCUT2D eigenvalue weighted by molar-refractivity contribution is 0.0697. The lowest BCUT2D eigenvalue weighted by Gasteiger charge is -2.12. The average molecular weight is 253 g/mol. The van der Waals surface area contributed by atoms with Gasteiger partial charge in [0, 0.05) is 0 Å². The summed E-state index contributed by atoms with van der Waals surface area (Å²) in [4.78, 5) is 22.4. The molecule has 6 nitrogen and oxygen atoms in total. The van der Waals surface area contributed by atoms with Crippen LogP contribution in [0.2, 0.25) is 0 Å². The Balaban J connectivity index is 2.94. The number of hydrogen-bond donors (Lipinski definition) is 2. The van der Waals surface area contributed by atoms with Crippen LogP contribution < -0.4 is 10.1 Å². The zero-order valence-electron chi connectivity index (χ0n) is 10.4. The summed E-state index contributed by atoms with van der Waals surface area (Å²) in [6, 6.07) is 4.33. The second-order valence-electron chi connectivity index (χ2n) is 3.80. The number of carboxylic acids is 1. The first-order chi connectivity index (χ1) is 8.43. The summed E-state index contributed by atoms with van der Waals surface area (Å²) in [5.74, 6) is -0.760. The molecule has 0 saturated heterocycles. The third-order valence-corrected chi connectivity index (χ3v) is 2.04. The summed E-state index contributed by atoms with van der Waals surface area (Å²) < 4.78 is 9.79. The van der Waals surface area contributed by atoms with Gasteiger partial charge in [0.15, 0.2) is 0 Å². The van der Waals surface area contributed by atoms with Crippen molar-refractivity contribution in [3.63, 3.8) is 0 Å². The minimum atomic E-state index is -1.16. The monoisotopic (exact) mass is 253 g/mol. The summed E-state index contributed by atoms with van der Waals surface area (Å²) in [5.41, 5.74) is 0.101. The number of methoxy groups -OCH3 is 1. The van der Waals surface area contributed by atoms with Crippen molar-refractivity contribution in [3.8, 4) is 5.75 Å². The normalized spacial score (nSPS) is 10.0. The first-order valence-electron chi connectivity index (χ1n) is 5.33. The molecule has 98 valence electrons. The molecule has 0 aliphatic rings. The maximum atomic E-state index is 11.4. The molecular weight excluding hydrogens is 238 g/mol. The van der Waals surface area contributed by atoms with E-state index in [0.29, 0.717) is 5.75 Å². The molecule has 0 fully saturated rings. The topological polar surface area (TPSA) is 84.9 Å². The molecule has 0 saturated carbocycles. The van der Waals surface area contributed by atoms with E-state index in [4.69, 9.17) is 14.6 Å². The van der Waals surface area contributed by atoms with E-state index < -0.39 is 12.1 Å². The number of rotatable bonds is 4. The highest BCUT2D eigenvalue weighted by atomic mass is 16.6. The fourth-order valence-corrected chi connectivity index (χ4v) is 1.29. The Labute approximate surface area is 105 Å². The number of ether oxygens (including phenoxy) is 2. The molecule has 0 radical (unpaired) electrons. The van der Waals surface area contributed by atoms with Crippen LogP contribution in [0.4, 0.5) is 10.5 Å². The summed E-state index contributed by atoms with van der Waals surface area (Å²) in [6.07, 6.45) is -0.978. The van der Waals surface area contributed by atoms with Crippen LogP contribution in [0.25, 0.3) is 0 Å². The Bertz CT molecular complexity index is 456. The Morgan fingerprint density at radius 1 is 1.33 bits per heavy atom. The Morgan fingerprint density at radius 2 is 2.00 bits per heavy atom. The molecular formula is C12H15NO5. The van der Waals surface area contributed by atoms with Gasteiger partial charge in [0.05, 0.1) is 24.5 Å². The van der Waals surface area contributed by atoms with Gasteiger partial charge >= 0.3 is 12.1 Å². The number of amides is 1. The zero-order valence-corrected chi connectivity index (χ0v) is 10.4. The van der Waals surface area contributed by atoms with Crippen LogP contribution in [-0.4, -0.2) is 30.4 Å². The van der Waals surface area contributed by atoms with Crippen molar-refractivity contribution in [2.75, 3.05) is 12.4 Å². The number of nitrogens with one attached hydrogen (secondary N) is 1. The van der Waals surface area contributed by atoms with Crippen molar-refractivity contribution < 1.29 is 24.2 Å². The molecule has 0 heterocycles. The summed E-state index contributed by atoms with van der Waals surface area (Å²) in [5, 5.41) is 11.4. The van der Waals surface area contributed by atoms with E-state index in [9.17, 15) is 9.59 Å². The molecule has 0 spiro atoms. The molecule has 0 aliphatic heterocycles. The molecule has 2 N–H and O–H groups in total. The number of anilines is 1. The molecule has 0 aliphatic carbocycles. The van der Waals surface area contributed by atoms with Gasteiger partial charge in [-0.15, -0.1) is 0 Å². The van der Waals surface area contributed by atoms with Gasteiger partial charge in [-0.05, 0) is 32.0 Å². The van der Waals surface area contributed by atoms with Crippen LogP contribution in [0, 0.1) is 0 Å². The number of hydrogen-bond acceptors (Lipinski definition) is 4. The van der Waals surface area contributed by atoms with Crippen molar-refractivity contribution in [1.82, 2.24) is 0 Å². The molecule has 18 heavy (non-hydrogen) atoms. The van der Waals surface area contributed by atoms with Crippen molar-refractivity contribution >= 4 is 17.7 Å². The van der Waals surface area contributed by atoms with Gasteiger partial charge in [-0.3, -0.25) is 5.32 Å². The Kier molecular flexibility index (Phi) is 4.53. The van der Waals surface area contributed by atoms with E-state index in [1.54, 1.807) is 19.9 Å². The summed E-state index contributed by atoms with van der Waals surface area (Å²) in [7, 11) is 1.43. The number of carbonyl (C=O) groups excluding carboxylic acids is 1. The van der Waals surface area contributed by atoms with Gasteiger partial charge in [-0.25, -0.2) is 9.59 Å². The highest BCUT2D eigenvalue weighted by Crippen LogP contribution is 2.22. The third-order valence-electron chi connectivity index (χ3n) is 2.04. The standard InChI is InChI=1S/C12H15NO5/c1-7(2)18-12(16)13-10-5-4-8(17-3)6-9(10)11(14)15/h4-7H,1-3H3,(H,13,16)(H,14,15). The Hall–Kier alpha value is -2.24. The number of carbonyl (C=O) groups is 2. The second kappa shape index (κ2) is 5.90.